The van der Waals surface area contributed by atoms with E-state index >= 15 is 0 Å². The molecule has 15 heavy (non-hydrogen) atoms. The number of carbonyl (C=O) groups excluding carboxylic acids is 1. The smallest absolute Gasteiger partial charge is 0.240 e. The molecule has 0 radical (unpaired) electrons. The number of hydrazone groups is 1. The van der Waals surface area contributed by atoms with Gasteiger partial charge in [-0.2, -0.15) is 5.10 Å². The molecular formula is C11H15N3O. The number of nitrogens with zero attached hydrogens (tertiary/aromatic N) is 2. The maximum absolute atomic E-state index is 11.2. The minimum Gasteiger partial charge on any atom is -0.273 e. The van der Waals surface area contributed by atoms with Gasteiger partial charge in [0.2, 0.25) is 5.91 Å². The number of aromatic nitrogens is 1. The van der Waals surface area contributed by atoms with Gasteiger partial charge in [0.1, 0.15) is 0 Å². The van der Waals surface area contributed by atoms with Gasteiger partial charge in [-0.3, -0.25) is 9.78 Å². The van der Waals surface area contributed by atoms with Crippen molar-refractivity contribution in [3.8, 4) is 0 Å². The Balaban J connectivity index is 2.31. The van der Waals surface area contributed by atoms with Crippen LogP contribution < -0.4 is 5.43 Å². The summed E-state index contributed by atoms with van der Waals surface area (Å²) in [5.74, 6) is -0.0445. The zero-order valence-electron chi connectivity index (χ0n) is 8.81. The van der Waals surface area contributed by atoms with E-state index < -0.39 is 0 Å². The molecule has 0 fully saturated rings. The zero-order valence-corrected chi connectivity index (χ0v) is 8.81. The van der Waals surface area contributed by atoms with Gasteiger partial charge in [0.15, 0.2) is 0 Å². The van der Waals surface area contributed by atoms with Crippen molar-refractivity contribution in [2.75, 3.05) is 0 Å². The lowest BCUT2D eigenvalue weighted by molar-refractivity contribution is -0.121. The van der Waals surface area contributed by atoms with Gasteiger partial charge in [-0.15, -0.1) is 0 Å². The Labute approximate surface area is 89.4 Å². The van der Waals surface area contributed by atoms with Crippen LogP contribution in [-0.4, -0.2) is 17.1 Å². The highest BCUT2D eigenvalue weighted by Crippen LogP contribution is 1.93. The predicted octanol–water partition coefficient (Wildman–Crippen LogP) is 1.72. The molecular weight excluding hydrogens is 190 g/mol. The van der Waals surface area contributed by atoms with Crippen molar-refractivity contribution in [3.05, 3.63) is 30.1 Å². The number of hydrogen-bond acceptors (Lipinski definition) is 3. The van der Waals surface area contributed by atoms with Crippen molar-refractivity contribution >= 4 is 12.1 Å². The van der Waals surface area contributed by atoms with Crippen LogP contribution in [0.3, 0.4) is 0 Å². The van der Waals surface area contributed by atoms with Gasteiger partial charge in [0.25, 0.3) is 0 Å². The second kappa shape index (κ2) is 6.70. The molecule has 0 saturated carbocycles. The highest BCUT2D eigenvalue weighted by Gasteiger charge is 1.96. The standard InChI is InChI=1S/C11H15N3O/c1-2-3-6-11(15)14-13-9-10-5-4-7-12-8-10/h4-5,7-9H,2-3,6H2,1H3,(H,14,15). The van der Waals surface area contributed by atoms with Gasteiger partial charge in [0, 0.05) is 24.4 Å². The van der Waals surface area contributed by atoms with E-state index in [4.69, 9.17) is 0 Å². The van der Waals surface area contributed by atoms with E-state index in [-0.39, 0.29) is 5.91 Å². The molecule has 4 heteroatoms. The Morgan fingerprint density at radius 1 is 1.67 bits per heavy atom. The molecule has 0 saturated heterocycles. The Morgan fingerprint density at radius 2 is 2.53 bits per heavy atom. The largest absolute Gasteiger partial charge is 0.273 e. The molecule has 0 aliphatic rings. The Hall–Kier alpha value is -1.71. The second-order valence-corrected chi connectivity index (χ2v) is 3.18. The molecule has 1 aromatic heterocycles. The van der Waals surface area contributed by atoms with Gasteiger partial charge in [0.05, 0.1) is 6.21 Å². The fraction of sp³-hybridized carbons (Fsp3) is 0.364. The molecule has 1 amide bonds. The molecule has 1 N–H and O–H groups in total. The highest BCUT2D eigenvalue weighted by molar-refractivity contribution is 5.81. The van der Waals surface area contributed by atoms with Crippen molar-refractivity contribution < 1.29 is 4.79 Å². The number of unbranched alkanes of at least 4 members (excludes halogenated alkanes) is 1. The van der Waals surface area contributed by atoms with Gasteiger partial charge >= 0.3 is 0 Å². The van der Waals surface area contributed by atoms with Crippen molar-refractivity contribution in [3.63, 3.8) is 0 Å². The second-order valence-electron chi connectivity index (χ2n) is 3.18. The van der Waals surface area contributed by atoms with Gasteiger partial charge in [-0.1, -0.05) is 19.4 Å². The van der Waals surface area contributed by atoms with Crippen LogP contribution in [0.15, 0.2) is 29.6 Å². The first kappa shape index (κ1) is 11.4. The number of nitrogens with one attached hydrogen (secondary N) is 1. The SMILES string of the molecule is CCCCC(=O)NN=Cc1cccnc1. The molecule has 1 heterocycles. The quantitative estimate of drug-likeness (QED) is 0.587. The Kier molecular flexibility index (Phi) is 5.08. The maximum atomic E-state index is 11.2. The summed E-state index contributed by atoms with van der Waals surface area (Å²) < 4.78 is 0. The molecule has 0 aliphatic carbocycles. The monoisotopic (exact) mass is 205 g/mol. The Bertz CT molecular complexity index is 322. The molecule has 1 rings (SSSR count). The summed E-state index contributed by atoms with van der Waals surface area (Å²) in [6.07, 6.45) is 7.39. The molecule has 0 bridgehead atoms. The fourth-order valence-corrected chi connectivity index (χ4v) is 1.02. The summed E-state index contributed by atoms with van der Waals surface area (Å²) in [5, 5.41) is 3.83. The van der Waals surface area contributed by atoms with Crippen LogP contribution in [0.4, 0.5) is 0 Å². The van der Waals surface area contributed by atoms with Crippen LogP contribution in [0.5, 0.6) is 0 Å². The van der Waals surface area contributed by atoms with Gasteiger partial charge in [-0.25, -0.2) is 5.43 Å². The molecule has 80 valence electrons. The van der Waals surface area contributed by atoms with Crippen LogP contribution in [0.25, 0.3) is 0 Å². The first-order valence-electron chi connectivity index (χ1n) is 5.05. The van der Waals surface area contributed by atoms with Gasteiger partial charge < -0.3 is 0 Å². The normalized spacial score (nSPS) is 10.5. The number of rotatable bonds is 5. The average Bonchev–Trinajstić information content (AvgIpc) is 2.28. The number of amides is 1. The summed E-state index contributed by atoms with van der Waals surface area (Å²) in [6.45, 7) is 2.05. The van der Waals surface area contributed by atoms with E-state index in [0.717, 1.165) is 18.4 Å². The molecule has 0 atom stereocenters. The lowest BCUT2D eigenvalue weighted by Gasteiger charge is -1.97. The van der Waals surface area contributed by atoms with E-state index in [1.807, 2.05) is 19.1 Å². The fourth-order valence-electron chi connectivity index (χ4n) is 1.02. The summed E-state index contributed by atoms with van der Waals surface area (Å²) in [5.41, 5.74) is 3.34. The minimum atomic E-state index is -0.0445. The molecule has 1 aromatic rings. The average molecular weight is 205 g/mol. The highest BCUT2D eigenvalue weighted by atomic mass is 16.2. The third-order valence-electron chi connectivity index (χ3n) is 1.84. The number of hydrogen-bond donors (Lipinski definition) is 1. The first-order valence-corrected chi connectivity index (χ1v) is 5.05. The zero-order chi connectivity index (χ0) is 10.9. The van der Waals surface area contributed by atoms with Crippen LogP contribution in [0.1, 0.15) is 31.7 Å². The molecule has 0 aliphatic heterocycles. The van der Waals surface area contributed by atoms with Crippen LogP contribution in [0, 0.1) is 0 Å². The van der Waals surface area contributed by atoms with Crippen LogP contribution in [0.2, 0.25) is 0 Å². The van der Waals surface area contributed by atoms with Crippen molar-refractivity contribution in [2.24, 2.45) is 5.10 Å². The Morgan fingerprint density at radius 3 is 3.20 bits per heavy atom. The molecule has 4 nitrogen and oxygen atoms in total. The number of pyridine rings is 1. The molecule has 0 spiro atoms. The summed E-state index contributed by atoms with van der Waals surface area (Å²) >= 11 is 0. The van der Waals surface area contributed by atoms with E-state index in [1.54, 1.807) is 18.6 Å². The van der Waals surface area contributed by atoms with E-state index in [0.29, 0.717) is 6.42 Å². The predicted molar refractivity (Wildman–Crippen MR) is 59.5 cm³/mol. The number of carbonyl (C=O) groups is 1. The van der Waals surface area contributed by atoms with E-state index in [1.165, 1.54) is 0 Å². The lowest BCUT2D eigenvalue weighted by Crippen LogP contribution is -2.16. The maximum Gasteiger partial charge on any atom is 0.240 e. The van der Waals surface area contributed by atoms with E-state index in [2.05, 4.69) is 15.5 Å². The summed E-state index contributed by atoms with van der Waals surface area (Å²) in [4.78, 5) is 15.1. The summed E-state index contributed by atoms with van der Waals surface area (Å²) in [6, 6.07) is 3.69. The van der Waals surface area contributed by atoms with Gasteiger partial charge in [-0.05, 0) is 12.5 Å². The molecule has 0 unspecified atom stereocenters. The topological polar surface area (TPSA) is 54.4 Å². The molecule has 0 aromatic carbocycles. The van der Waals surface area contributed by atoms with Crippen LogP contribution >= 0.6 is 0 Å². The lowest BCUT2D eigenvalue weighted by atomic mass is 10.2. The summed E-state index contributed by atoms with van der Waals surface area (Å²) in [7, 11) is 0. The van der Waals surface area contributed by atoms with Crippen LogP contribution in [-0.2, 0) is 4.79 Å². The van der Waals surface area contributed by atoms with Crippen molar-refractivity contribution in [1.29, 1.82) is 0 Å². The first-order chi connectivity index (χ1) is 7.33. The van der Waals surface area contributed by atoms with Crippen molar-refractivity contribution in [2.45, 2.75) is 26.2 Å². The van der Waals surface area contributed by atoms with Crippen molar-refractivity contribution in [1.82, 2.24) is 10.4 Å². The third-order valence-corrected chi connectivity index (χ3v) is 1.84. The minimum absolute atomic E-state index is 0.0445. The van der Waals surface area contributed by atoms with E-state index in [9.17, 15) is 4.79 Å². The third kappa shape index (κ3) is 4.90.